The molecule has 0 fully saturated rings. The molecule has 11 N–H and O–H groups in total. The lowest BCUT2D eigenvalue weighted by Gasteiger charge is -2.33. The highest BCUT2D eigenvalue weighted by Crippen LogP contribution is 2.43. The van der Waals surface area contributed by atoms with Crippen molar-refractivity contribution in [2.75, 3.05) is 53.6 Å². The molecule has 0 aliphatic carbocycles. The topological polar surface area (TPSA) is 338 Å². The van der Waals surface area contributed by atoms with E-state index in [1.807, 2.05) is 30.3 Å². The zero-order valence-corrected chi connectivity index (χ0v) is 41.8. The second-order valence-corrected chi connectivity index (χ2v) is 19.1. The van der Waals surface area contributed by atoms with Crippen molar-refractivity contribution in [2.24, 2.45) is 16.6 Å². The van der Waals surface area contributed by atoms with E-state index in [4.69, 9.17) is 30.8 Å². The van der Waals surface area contributed by atoms with Crippen LogP contribution in [0.3, 0.4) is 0 Å². The van der Waals surface area contributed by atoms with Crippen molar-refractivity contribution in [3.8, 4) is 45.8 Å². The monoisotopic (exact) mass is 998 g/mol. The molecule has 23 heteroatoms. The van der Waals surface area contributed by atoms with Gasteiger partial charge in [0.15, 0.2) is 5.82 Å². The van der Waals surface area contributed by atoms with Crippen LogP contribution in [0.4, 0.5) is 0 Å². The molecule has 0 saturated carbocycles. The Morgan fingerprint density at radius 1 is 0.915 bits per heavy atom. The van der Waals surface area contributed by atoms with Crippen LogP contribution in [0.1, 0.15) is 72.2 Å². The van der Waals surface area contributed by atoms with Crippen molar-refractivity contribution in [2.45, 2.75) is 77.5 Å². The van der Waals surface area contributed by atoms with Crippen LogP contribution in [0.2, 0.25) is 0 Å². The zero-order chi connectivity index (χ0) is 52.4. The highest BCUT2D eigenvalue weighted by atomic mass is 32.2. The summed E-state index contributed by atoms with van der Waals surface area (Å²) in [7, 11) is -1.79. The molecule has 4 atom stereocenters. The summed E-state index contributed by atoms with van der Waals surface area (Å²) in [6.45, 7) is 10.1. The number of hydrogen-bond donors (Lipinski definition) is 8. The van der Waals surface area contributed by atoms with Gasteiger partial charge in [0.25, 0.3) is 16.1 Å². The van der Waals surface area contributed by atoms with E-state index in [-0.39, 0.29) is 84.4 Å². The van der Waals surface area contributed by atoms with Gasteiger partial charge in [-0.2, -0.15) is 18.4 Å². The molecule has 0 radical (unpaired) electrons. The number of fused-ring (bicyclic) bond motifs is 5. The number of likely N-dealkylation sites (N-methyl/N-ethyl adjacent to an activating group) is 1. The number of nitrogens with two attached hydrogens (primary N) is 3. The van der Waals surface area contributed by atoms with E-state index < -0.39 is 70.5 Å². The average Bonchev–Trinajstić information content (AvgIpc) is 3.31. The molecule has 1 aliphatic heterocycles. The summed E-state index contributed by atoms with van der Waals surface area (Å²) in [5, 5.41) is 24.9. The largest absolute Gasteiger partial charge is 0.496 e. The molecule has 5 rings (SSSR count). The third kappa shape index (κ3) is 13.8. The Bertz CT molecular complexity index is 2770. The molecule has 1 aliphatic rings. The standard InChI is InChI=1S/C48H62N12O10S/c1-26-40(27(2)56-42(55-26)29-9-12-32(13-10-29)48(4,5)6)45(63)59-36(25-54-71(52,66)67)47(65)60(7)41-30-11-14-37(69-19-16-50)33(21-30)34-22-31(38(70-20-17-51)24-39(34)68-8)23-35(44(62)53-18-15-49)58-43(61)28(3)57-46(41)64/h9-14,21-22,24,28,35-36,41,54H,16-20,23,25,50-51H2,1-8H3,(H,53,62)(H,57,64)(H,58,61)(H,59,63)(H2,52,66,67). The predicted molar refractivity (Wildman–Crippen MR) is 263 cm³/mol. The van der Waals surface area contributed by atoms with Gasteiger partial charge < -0.3 is 51.8 Å². The van der Waals surface area contributed by atoms with Crippen LogP contribution >= 0.6 is 0 Å². The van der Waals surface area contributed by atoms with Crippen LogP contribution in [0.25, 0.3) is 22.5 Å². The molecular weight excluding hydrogens is 937 g/mol. The Morgan fingerprint density at radius 3 is 2.11 bits per heavy atom. The van der Waals surface area contributed by atoms with Crippen molar-refractivity contribution < 1.29 is 46.6 Å². The second kappa shape index (κ2) is 23.6. The number of rotatable bonds is 17. The summed E-state index contributed by atoms with van der Waals surface area (Å²) >= 11 is 0. The summed E-state index contributed by atoms with van der Waals surface area (Å²) in [6, 6.07) is 11.4. The first-order valence-corrected chi connectivity index (χ1v) is 24.1. The smallest absolute Gasteiger partial charge is 0.274 e. The van der Waals surface area contributed by atoms with Crippen molar-refractivity contribution in [3.63, 3.8) is 0 Å². The number of nitrogens with zero attached hydrogens (tertiary/aromatic N) is 4. The lowest BCUT2D eigenvalue weighted by Crippen LogP contribution is -2.57. The number of amides is 5. The fourth-order valence-corrected chi connectivity index (χ4v) is 8.25. The Kier molecular flexibility index (Phi) is 18.2. The van der Waals surface area contributed by atoms with Gasteiger partial charge in [-0.05, 0) is 61.1 Å². The number of carbonyl (C=O) groups excluding carboxylic acids is 5. The van der Waals surface area contributed by atoms with Gasteiger partial charge in [-0.3, -0.25) is 24.0 Å². The molecule has 380 valence electrons. The highest BCUT2D eigenvalue weighted by molar-refractivity contribution is 7.87. The molecule has 3 aromatic carbocycles. The number of nitrogens with one attached hydrogen (secondary N) is 5. The highest BCUT2D eigenvalue weighted by Gasteiger charge is 2.37. The van der Waals surface area contributed by atoms with E-state index in [0.717, 1.165) is 10.5 Å². The van der Waals surface area contributed by atoms with Crippen LogP contribution in [-0.2, 0) is 41.2 Å². The third-order valence-corrected chi connectivity index (χ3v) is 12.0. The first-order chi connectivity index (χ1) is 33.5. The molecule has 22 nitrogen and oxygen atoms in total. The van der Waals surface area contributed by atoms with E-state index in [0.29, 0.717) is 28.1 Å². The molecule has 4 aromatic rings. The minimum atomic E-state index is -4.45. The van der Waals surface area contributed by atoms with Gasteiger partial charge >= 0.3 is 0 Å². The molecule has 71 heavy (non-hydrogen) atoms. The second-order valence-electron chi connectivity index (χ2n) is 17.8. The van der Waals surface area contributed by atoms with Crippen molar-refractivity contribution in [1.29, 1.82) is 5.26 Å². The van der Waals surface area contributed by atoms with E-state index in [9.17, 15) is 37.7 Å². The van der Waals surface area contributed by atoms with Gasteiger partial charge in [-0.25, -0.2) is 15.1 Å². The lowest BCUT2D eigenvalue weighted by molar-refractivity contribution is -0.141. The SMILES string of the molecule is COc1cc(OCCN)c2cc1-c1cc(ccc1OCCN)C(N(C)C(=O)C(CNS(N)(=O)=O)NC(=O)c1c(C)nc(-c3ccc(C(C)(C)C)cc3)nc1C)C(=O)NC(C)C(=O)NC(C(=O)NCC#N)C2. The number of aryl methyl sites for hydroxylation is 2. The summed E-state index contributed by atoms with van der Waals surface area (Å²) < 4.78 is 44.6. The average molecular weight is 999 g/mol. The fourth-order valence-electron chi connectivity index (χ4n) is 7.85. The third-order valence-electron chi connectivity index (χ3n) is 11.5. The molecule has 1 aromatic heterocycles. The summed E-state index contributed by atoms with van der Waals surface area (Å²) in [5.41, 5.74) is 15.1. The number of benzene rings is 3. The number of ether oxygens (including phenoxy) is 3. The Morgan fingerprint density at radius 2 is 1.54 bits per heavy atom. The molecule has 5 amide bonds. The van der Waals surface area contributed by atoms with Gasteiger partial charge in [-0.15, -0.1) is 0 Å². The fraction of sp³-hybridized carbons (Fsp3) is 0.417. The van der Waals surface area contributed by atoms with Gasteiger partial charge in [0.2, 0.25) is 23.6 Å². The van der Waals surface area contributed by atoms with Crippen molar-refractivity contribution in [3.05, 3.63) is 88.2 Å². The van der Waals surface area contributed by atoms with Gasteiger partial charge in [-0.1, -0.05) is 51.1 Å². The molecule has 2 heterocycles. The maximum absolute atomic E-state index is 14.9. The Hall–Kier alpha value is -7.23. The number of hydrogen-bond acceptors (Lipinski definition) is 15. The van der Waals surface area contributed by atoms with Crippen LogP contribution in [0.15, 0.2) is 54.6 Å². The Balaban J connectivity index is 1.64. The number of methoxy groups -OCH3 is 1. The number of aromatic nitrogens is 2. The summed E-state index contributed by atoms with van der Waals surface area (Å²) in [6.07, 6.45) is -0.167. The molecule has 0 saturated heterocycles. The molecular formula is C48H62N12O10S. The van der Waals surface area contributed by atoms with Gasteiger partial charge in [0, 0.05) is 55.9 Å². The maximum Gasteiger partial charge on any atom is 0.274 e. The summed E-state index contributed by atoms with van der Waals surface area (Å²) in [5.74, 6) is -3.11. The van der Waals surface area contributed by atoms with Gasteiger partial charge in [0.1, 0.15) is 61.2 Å². The van der Waals surface area contributed by atoms with E-state index in [2.05, 4.69) is 56.7 Å². The molecule has 4 unspecified atom stereocenters. The number of carbonyl (C=O) groups is 5. The van der Waals surface area contributed by atoms with Crippen LogP contribution in [0, 0.1) is 25.2 Å². The quantitative estimate of drug-likeness (QED) is 0.0675. The molecule has 0 spiro atoms. The predicted octanol–water partition coefficient (Wildman–Crippen LogP) is 0.685. The minimum absolute atomic E-state index is 0.0109. The van der Waals surface area contributed by atoms with E-state index >= 15 is 0 Å². The van der Waals surface area contributed by atoms with Crippen LogP contribution < -0.4 is 56.8 Å². The first-order valence-electron chi connectivity index (χ1n) is 22.6. The summed E-state index contributed by atoms with van der Waals surface area (Å²) in [4.78, 5) is 81.4. The molecule has 4 bridgehead atoms. The normalized spacial score (nSPS) is 16.5. The van der Waals surface area contributed by atoms with Gasteiger partial charge in [0.05, 0.1) is 30.1 Å². The van der Waals surface area contributed by atoms with Crippen LogP contribution in [0.5, 0.6) is 17.2 Å². The van der Waals surface area contributed by atoms with Crippen molar-refractivity contribution >= 4 is 39.7 Å². The van der Waals surface area contributed by atoms with Crippen molar-refractivity contribution in [1.82, 2.24) is 40.9 Å². The first kappa shape index (κ1) is 54.7. The zero-order valence-electron chi connectivity index (χ0n) is 41.0. The van der Waals surface area contributed by atoms with E-state index in [1.165, 1.54) is 27.1 Å². The Labute approximate surface area is 412 Å². The number of nitriles is 1. The lowest BCUT2D eigenvalue weighted by atomic mass is 9.86. The van der Waals surface area contributed by atoms with Crippen LogP contribution in [-0.4, -0.2) is 124 Å². The van der Waals surface area contributed by atoms with E-state index in [1.54, 1.807) is 38.1 Å². The minimum Gasteiger partial charge on any atom is -0.496 e. The maximum atomic E-state index is 14.9.